The number of rotatable bonds is 5. The van der Waals surface area contributed by atoms with Crippen LogP contribution in [0.5, 0.6) is 17.2 Å². The molecule has 0 radical (unpaired) electrons. The van der Waals surface area contributed by atoms with E-state index >= 15 is 0 Å². The van der Waals surface area contributed by atoms with Gasteiger partial charge in [0.2, 0.25) is 0 Å². The lowest BCUT2D eigenvalue weighted by Crippen LogP contribution is -2.06. The predicted molar refractivity (Wildman–Crippen MR) is 80.7 cm³/mol. The van der Waals surface area contributed by atoms with Gasteiger partial charge < -0.3 is 14.2 Å². The highest BCUT2D eigenvalue weighted by Crippen LogP contribution is 2.27. The molecule has 2 aromatic carbocycles. The van der Waals surface area contributed by atoms with E-state index in [1.807, 2.05) is 0 Å². The fourth-order valence-corrected chi connectivity index (χ4v) is 2.01. The smallest absolute Gasteiger partial charge is 0.308 e. The summed E-state index contributed by atoms with van der Waals surface area (Å²) in [5.74, 6) is 0.676. The minimum atomic E-state index is -0.438. The van der Waals surface area contributed by atoms with Gasteiger partial charge in [-0.1, -0.05) is 12.1 Å². The van der Waals surface area contributed by atoms with Crippen LogP contribution in [0.3, 0.4) is 0 Å². The van der Waals surface area contributed by atoms with E-state index in [9.17, 15) is 9.59 Å². The molecule has 0 saturated carbocycles. The van der Waals surface area contributed by atoms with Gasteiger partial charge >= 0.3 is 5.97 Å². The molecule has 5 nitrogen and oxygen atoms in total. The Labute approximate surface area is 128 Å². The van der Waals surface area contributed by atoms with Crippen molar-refractivity contribution < 1.29 is 23.8 Å². The maximum absolute atomic E-state index is 12.6. The Balaban J connectivity index is 2.37. The number of hydrogen-bond donors (Lipinski definition) is 0. The van der Waals surface area contributed by atoms with Crippen LogP contribution in [-0.4, -0.2) is 26.0 Å². The molecule has 22 heavy (non-hydrogen) atoms. The van der Waals surface area contributed by atoms with Crippen LogP contribution in [-0.2, 0) is 4.79 Å². The van der Waals surface area contributed by atoms with Crippen LogP contribution in [0.25, 0.3) is 0 Å². The van der Waals surface area contributed by atoms with Crippen molar-refractivity contribution in [3.8, 4) is 17.2 Å². The van der Waals surface area contributed by atoms with Crippen molar-refractivity contribution >= 4 is 11.8 Å². The third kappa shape index (κ3) is 3.44. The van der Waals surface area contributed by atoms with E-state index in [1.165, 1.54) is 20.1 Å². The number of esters is 1. The Bertz CT molecular complexity index is 706. The van der Waals surface area contributed by atoms with Crippen molar-refractivity contribution in [3.05, 3.63) is 53.6 Å². The van der Waals surface area contributed by atoms with Crippen LogP contribution in [0.1, 0.15) is 22.8 Å². The molecule has 0 amide bonds. The molecular weight excluding hydrogens is 284 g/mol. The zero-order chi connectivity index (χ0) is 16.1. The van der Waals surface area contributed by atoms with E-state index in [0.29, 0.717) is 28.4 Å². The summed E-state index contributed by atoms with van der Waals surface area (Å²) in [6.45, 7) is 1.31. The number of ketones is 1. The number of carbonyl (C=O) groups excluding carboxylic acids is 2. The van der Waals surface area contributed by atoms with Crippen molar-refractivity contribution in [1.82, 2.24) is 0 Å². The minimum absolute atomic E-state index is 0.228. The third-order valence-electron chi connectivity index (χ3n) is 3.01. The molecule has 0 unspecified atom stereocenters. The van der Waals surface area contributed by atoms with Gasteiger partial charge in [-0.2, -0.15) is 0 Å². The summed E-state index contributed by atoms with van der Waals surface area (Å²) in [6.07, 6.45) is 0. The van der Waals surface area contributed by atoms with Gasteiger partial charge in [-0.25, -0.2) is 0 Å². The monoisotopic (exact) mass is 300 g/mol. The van der Waals surface area contributed by atoms with E-state index < -0.39 is 5.97 Å². The zero-order valence-corrected chi connectivity index (χ0v) is 12.6. The standard InChI is InChI=1S/C17H16O5/c1-11(18)22-14-6-4-5-12(9-14)17(19)15-8-7-13(20-2)10-16(15)21-3/h4-10H,1-3H3. The van der Waals surface area contributed by atoms with Crippen molar-refractivity contribution in [3.63, 3.8) is 0 Å². The molecule has 0 bridgehead atoms. The van der Waals surface area contributed by atoms with Crippen LogP contribution >= 0.6 is 0 Å². The largest absolute Gasteiger partial charge is 0.497 e. The molecule has 2 aromatic rings. The summed E-state index contributed by atoms with van der Waals surface area (Å²) >= 11 is 0. The Morgan fingerprint density at radius 2 is 1.68 bits per heavy atom. The van der Waals surface area contributed by atoms with Crippen molar-refractivity contribution in [2.75, 3.05) is 14.2 Å². The Hall–Kier alpha value is -2.82. The van der Waals surface area contributed by atoms with Crippen molar-refractivity contribution in [1.29, 1.82) is 0 Å². The molecule has 0 aromatic heterocycles. The summed E-state index contributed by atoms with van der Waals surface area (Å²) in [5, 5.41) is 0. The van der Waals surface area contributed by atoms with E-state index in [-0.39, 0.29) is 5.78 Å². The van der Waals surface area contributed by atoms with Crippen LogP contribution in [0.2, 0.25) is 0 Å². The number of methoxy groups -OCH3 is 2. The van der Waals surface area contributed by atoms with Crippen LogP contribution < -0.4 is 14.2 Å². The van der Waals surface area contributed by atoms with Gasteiger partial charge in [0.05, 0.1) is 19.8 Å². The van der Waals surface area contributed by atoms with E-state index in [1.54, 1.807) is 43.5 Å². The molecule has 0 fully saturated rings. The number of benzene rings is 2. The summed E-state index contributed by atoms with van der Waals surface area (Å²) in [6, 6.07) is 11.4. The molecule has 114 valence electrons. The number of hydrogen-bond acceptors (Lipinski definition) is 5. The lowest BCUT2D eigenvalue weighted by molar-refractivity contribution is -0.131. The molecule has 0 spiro atoms. The van der Waals surface area contributed by atoms with Crippen LogP contribution in [0, 0.1) is 0 Å². The minimum Gasteiger partial charge on any atom is -0.497 e. The average Bonchev–Trinajstić information content (AvgIpc) is 2.53. The molecule has 0 heterocycles. The first-order valence-electron chi connectivity index (χ1n) is 6.60. The second-order valence-corrected chi connectivity index (χ2v) is 4.52. The van der Waals surface area contributed by atoms with Gasteiger partial charge in [0.15, 0.2) is 5.78 Å². The summed E-state index contributed by atoms with van der Waals surface area (Å²) < 4.78 is 15.3. The maximum Gasteiger partial charge on any atom is 0.308 e. The highest BCUT2D eigenvalue weighted by atomic mass is 16.5. The molecular formula is C17H16O5. The topological polar surface area (TPSA) is 61.8 Å². The fourth-order valence-electron chi connectivity index (χ4n) is 2.01. The molecule has 0 aliphatic carbocycles. The Kier molecular flexibility index (Phi) is 4.78. The molecule has 0 atom stereocenters. The molecule has 2 rings (SSSR count). The lowest BCUT2D eigenvalue weighted by atomic mass is 10.0. The highest BCUT2D eigenvalue weighted by molar-refractivity contribution is 6.11. The van der Waals surface area contributed by atoms with Gasteiger partial charge in [0.25, 0.3) is 0 Å². The van der Waals surface area contributed by atoms with Crippen molar-refractivity contribution in [2.45, 2.75) is 6.92 Å². The third-order valence-corrected chi connectivity index (χ3v) is 3.01. The SMILES string of the molecule is COc1ccc(C(=O)c2cccc(OC(C)=O)c2)c(OC)c1. The first-order chi connectivity index (χ1) is 10.5. The van der Waals surface area contributed by atoms with Gasteiger partial charge in [-0.05, 0) is 24.3 Å². The molecule has 0 aliphatic rings. The average molecular weight is 300 g/mol. The normalized spacial score (nSPS) is 9.95. The second kappa shape index (κ2) is 6.76. The van der Waals surface area contributed by atoms with E-state index in [2.05, 4.69) is 0 Å². The highest BCUT2D eigenvalue weighted by Gasteiger charge is 2.16. The Morgan fingerprint density at radius 3 is 2.32 bits per heavy atom. The maximum atomic E-state index is 12.6. The zero-order valence-electron chi connectivity index (χ0n) is 12.6. The molecule has 0 N–H and O–H groups in total. The van der Waals surface area contributed by atoms with E-state index in [4.69, 9.17) is 14.2 Å². The second-order valence-electron chi connectivity index (χ2n) is 4.52. The van der Waals surface area contributed by atoms with Gasteiger partial charge in [0, 0.05) is 18.6 Å². The quantitative estimate of drug-likeness (QED) is 0.483. The molecule has 5 heteroatoms. The van der Waals surface area contributed by atoms with Gasteiger partial charge in [-0.3, -0.25) is 9.59 Å². The first kappa shape index (κ1) is 15.6. The van der Waals surface area contributed by atoms with Gasteiger partial charge in [-0.15, -0.1) is 0 Å². The predicted octanol–water partition coefficient (Wildman–Crippen LogP) is 2.86. The number of ether oxygens (including phenoxy) is 3. The molecule has 0 saturated heterocycles. The van der Waals surface area contributed by atoms with E-state index in [0.717, 1.165) is 0 Å². The fraction of sp³-hybridized carbons (Fsp3) is 0.176. The number of carbonyl (C=O) groups is 2. The summed E-state index contributed by atoms with van der Waals surface area (Å²) in [5.41, 5.74) is 0.811. The summed E-state index contributed by atoms with van der Waals surface area (Å²) in [4.78, 5) is 23.6. The molecule has 0 aliphatic heterocycles. The van der Waals surface area contributed by atoms with Crippen LogP contribution in [0.15, 0.2) is 42.5 Å². The van der Waals surface area contributed by atoms with Gasteiger partial charge in [0.1, 0.15) is 17.2 Å². The lowest BCUT2D eigenvalue weighted by Gasteiger charge is -2.10. The van der Waals surface area contributed by atoms with Crippen LogP contribution in [0.4, 0.5) is 0 Å². The Morgan fingerprint density at radius 1 is 0.909 bits per heavy atom. The van der Waals surface area contributed by atoms with Crippen molar-refractivity contribution in [2.24, 2.45) is 0 Å². The summed E-state index contributed by atoms with van der Waals surface area (Å²) in [7, 11) is 3.03. The first-order valence-corrected chi connectivity index (χ1v) is 6.60.